The Morgan fingerprint density at radius 2 is 1.72 bits per heavy atom. The number of amides is 1. The molecule has 1 aromatic heterocycles. The number of alkyl halides is 3. The number of imidazole rings is 1. The van der Waals surface area contributed by atoms with E-state index in [9.17, 15) is 22.4 Å². The average molecular weight is 349 g/mol. The van der Waals surface area contributed by atoms with Crippen LogP contribution >= 0.6 is 0 Å². The molecule has 0 saturated carbocycles. The fourth-order valence-electron chi connectivity index (χ4n) is 3.02. The number of hydrogen-bond acceptors (Lipinski definition) is 2. The Bertz CT molecular complexity index is 962. The molecule has 1 atom stereocenters. The van der Waals surface area contributed by atoms with Crippen molar-refractivity contribution in [2.75, 3.05) is 0 Å². The summed E-state index contributed by atoms with van der Waals surface area (Å²) in [6, 6.07) is 9.49. The minimum atomic E-state index is -4.43. The summed E-state index contributed by atoms with van der Waals surface area (Å²) in [7, 11) is 0. The quantitative estimate of drug-likeness (QED) is 0.504. The van der Waals surface area contributed by atoms with Crippen LogP contribution < -0.4 is 0 Å². The monoisotopic (exact) mass is 349 g/mol. The van der Waals surface area contributed by atoms with Crippen LogP contribution in [-0.2, 0) is 12.6 Å². The second-order valence-electron chi connectivity index (χ2n) is 5.80. The highest BCUT2D eigenvalue weighted by atomic mass is 19.4. The van der Waals surface area contributed by atoms with E-state index in [1.807, 2.05) is 0 Å². The second kappa shape index (κ2) is 5.30. The molecule has 1 unspecified atom stereocenters. The Morgan fingerprint density at radius 3 is 2.40 bits per heavy atom. The van der Waals surface area contributed by atoms with Crippen LogP contribution in [0.25, 0.3) is 11.0 Å². The number of carbonyl (C=O) groups is 1. The van der Waals surface area contributed by atoms with Gasteiger partial charge in [-0.25, -0.2) is 14.3 Å². The minimum absolute atomic E-state index is 0.0314. The van der Waals surface area contributed by atoms with E-state index in [-0.39, 0.29) is 17.4 Å². The Hall–Kier alpha value is -2.90. The molecule has 1 aliphatic rings. The van der Waals surface area contributed by atoms with Gasteiger partial charge in [-0.05, 0) is 29.8 Å². The number of rotatable bonds is 2. The number of hydrogen-bond donors (Lipinski definition) is 0. The summed E-state index contributed by atoms with van der Waals surface area (Å²) in [5, 5.41) is 0.0758. The van der Waals surface area contributed by atoms with Crippen LogP contribution in [0.3, 0.4) is 0 Å². The second-order valence-corrected chi connectivity index (χ2v) is 5.80. The molecule has 1 aliphatic heterocycles. The van der Waals surface area contributed by atoms with E-state index in [1.54, 1.807) is 24.3 Å². The van der Waals surface area contributed by atoms with Crippen LogP contribution in [0.4, 0.5) is 22.4 Å². The Balaban J connectivity index is 1.69. The summed E-state index contributed by atoms with van der Waals surface area (Å²) in [6.07, 6.45) is -4.40. The van der Waals surface area contributed by atoms with Crippen LogP contribution in [0, 0.1) is 0 Å². The molecule has 4 rings (SSSR count). The van der Waals surface area contributed by atoms with Crippen molar-refractivity contribution in [1.29, 1.82) is 0 Å². The highest BCUT2D eigenvalue weighted by Crippen LogP contribution is 2.35. The highest BCUT2D eigenvalue weighted by Gasteiger charge is 2.40. The zero-order valence-electron chi connectivity index (χ0n) is 12.7. The van der Waals surface area contributed by atoms with Gasteiger partial charge in [0.1, 0.15) is 11.9 Å². The third-order valence-corrected chi connectivity index (χ3v) is 4.24. The SMILES string of the molecule is O=C1N(F)C(Cc2ccc(C(F)(F)F)cc2)c2nc3ccccc3n21. The van der Waals surface area contributed by atoms with E-state index >= 15 is 0 Å². The van der Waals surface area contributed by atoms with Gasteiger partial charge in [-0.15, -0.1) is 5.12 Å². The van der Waals surface area contributed by atoms with Crippen LogP contribution in [0.1, 0.15) is 23.0 Å². The summed E-state index contributed by atoms with van der Waals surface area (Å²) in [6.45, 7) is 0. The maximum absolute atomic E-state index is 14.3. The Morgan fingerprint density at radius 1 is 1.04 bits per heavy atom. The normalized spacial score (nSPS) is 17.4. The fraction of sp³-hybridized carbons (Fsp3) is 0.176. The topological polar surface area (TPSA) is 38.1 Å². The number of benzene rings is 2. The molecule has 0 aliphatic carbocycles. The number of para-hydroxylation sites is 2. The van der Waals surface area contributed by atoms with Gasteiger partial charge in [-0.3, -0.25) is 0 Å². The van der Waals surface area contributed by atoms with E-state index in [0.29, 0.717) is 16.6 Å². The van der Waals surface area contributed by atoms with Gasteiger partial charge in [0, 0.05) is 6.42 Å². The minimum Gasteiger partial charge on any atom is -0.245 e. The van der Waals surface area contributed by atoms with Crippen molar-refractivity contribution in [3.63, 3.8) is 0 Å². The third kappa shape index (κ3) is 2.45. The number of halogens is 4. The average Bonchev–Trinajstić information content (AvgIpc) is 3.06. The summed E-state index contributed by atoms with van der Waals surface area (Å²) in [5.74, 6) is 0.244. The molecule has 0 radical (unpaired) electrons. The lowest BCUT2D eigenvalue weighted by Crippen LogP contribution is -2.22. The van der Waals surface area contributed by atoms with E-state index < -0.39 is 23.8 Å². The third-order valence-electron chi connectivity index (χ3n) is 4.24. The number of nitrogens with zero attached hydrogens (tertiary/aromatic N) is 3. The lowest BCUT2D eigenvalue weighted by molar-refractivity contribution is -0.137. The molecule has 128 valence electrons. The zero-order chi connectivity index (χ0) is 17.8. The Kier molecular flexibility index (Phi) is 3.31. The summed E-state index contributed by atoms with van der Waals surface area (Å²) < 4.78 is 53.4. The molecular weight excluding hydrogens is 338 g/mol. The number of carbonyl (C=O) groups excluding carboxylic acids is 1. The van der Waals surface area contributed by atoms with Crippen molar-refractivity contribution in [2.45, 2.75) is 18.6 Å². The molecule has 8 heteroatoms. The molecule has 2 aromatic carbocycles. The van der Waals surface area contributed by atoms with E-state index in [1.165, 1.54) is 16.7 Å². The fourth-order valence-corrected chi connectivity index (χ4v) is 3.02. The van der Waals surface area contributed by atoms with Crippen molar-refractivity contribution >= 4 is 17.1 Å². The first-order valence-electron chi connectivity index (χ1n) is 7.49. The largest absolute Gasteiger partial charge is 0.416 e. The van der Waals surface area contributed by atoms with E-state index in [0.717, 1.165) is 12.1 Å². The van der Waals surface area contributed by atoms with Gasteiger partial charge < -0.3 is 0 Å². The molecule has 1 amide bonds. The van der Waals surface area contributed by atoms with Crippen LogP contribution in [0.15, 0.2) is 48.5 Å². The van der Waals surface area contributed by atoms with Gasteiger partial charge in [0.25, 0.3) is 0 Å². The summed E-state index contributed by atoms with van der Waals surface area (Å²) in [5.41, 5.74) is 0.772. The predicted octanol–water partition coefficient (Wildman–Crippen LogP) is 4.51. The number of fused-ring (bicyclic) bond motifs is 3. The molecule has 4 nitrogen and oxygen atoms in total. The molecule has 0 saturated heterocycles. The van der Waals surface area contributed by atoms with Crippen LogP contribution in [0.5, 0.6) is 0 Å². The molecule has 0 fully saturated rings. The van der Waals surface area contributed by atoms with Crippen molar-refractivity contribution in [3.05, 3.63) is 65.5 Å². The molecule has 3 aromatic rings. The van der Waals surface area contributed by atoms with Crippen molar-refractivity contribution in [2.24, 2.45) is 0 Å². The molecular formula is C17H11F4N3O. The predicted molar refractivity (Wildman–Crippen MR) is 81.4 cm³/mol. The first kappa shape index (κ1) is 15.6. The first-order valence-corrected chi connectivity index (χ1v) is 7.49. The Labute approximate surface area is 139 Å². The molecule has 25 heavy (non-hydrogen) atoms. The van der Waals surface area contributed by atoms with Crippen molar-refractivity contribution in [3.8, 4) is 0 Å². The van der Waals surface area contributed by atoms with Gasteiger partial charge in [0.05, 0.1) is 16.6 Å². The molecule has 0 bridgehead atoms. The summed E-state index contributed by atoms with van der Waals surface area (Å²) >= 11 is 0. The molecule has 2 heterocycles. The lowest BCUT2D eigenvalue weighted by Gasteiger charge is -2.14. The van der Waals surface area contributed by atoms with Gasteiger partial charge >= 0.3 is 12.2 Å². The van der Waals surface area contributed by atoms with Gasteiger partial charge in [-0.2, -0.15) is 13.2 Å². The first-order chi connectivity index (χ1) is 11.9. The van der Waals surface area contributed by atoms with Crippen LogP contribution in [0.2, 0.25) is 0 Å². The standard InChI is InChI=1S/C17H11F4N3O/c18-17(19,20)11-7-5-10(6-8-11)9-14-15-22-12-3-1-2-4-13(12)23(15)16(25)24(14)21/h1-8,14H,9H2. The zero-order valence-corrected chi connectivity index (χ0v) is 12.7. The molecule has 0 N–H and O–H groups in total. The highest BCUT2D eigenvalue weighted by molar-refractivity contribution is 5.92. The van der Waals surface area contributed by atoms with Crippen molar-refractivity contribution in [1.82, 2.24) is 14.7 Å². The van der Waals surface area contributed by atoms with Crippen molar-refractivity contribution < 1.29 is 22.4 Å². The number of aromatic nitrogens is 2. The smallest absolute Gasteiger partial charge is 0.245 e. The maximum atomic E-state index is 14.3. The van der Waals surface area contributed by atoms with Crippen LogP contribution in [-0.4, -0.2) is 20.7 Å². The van der Waals surface area contributed by atoms with E-state index in [4.69, 9.17) is 0 Å². The van der Waals surface area contributed by atoms with Gasteiger partial charge in [0.15, 0.2) is 0 Å². The molecule has 0 spiro atoms. The van der Waals surface area contributed by atoms with Gasteiger partial charge in [-0.1, -0.05) is 28.7 Å². The van der Waals surface area contributed by atoms with Gasteiger partial charge in [0.2, 0.25) is 0 Å². The summed E-state index contributed by atoms with van der Waals surface area (Å²) in [4.78, 5) is 16.5. The maximum Gasteiger partial charge on any atom is 0.416 e. The lowest BCUT2D eigenvalue weighted by atomic mass is 10.0. The van der Waals surface area contributed by atoms with E-state index in [2.05, 4.69) is 4.98 Å².